The number of hydrogen-bond donors (Lipinski definition) is 2. The van der Waals surface area contributed by atoms with Crippen molar-refractivity contribution in [3.05, 3.63) is 0 Å². The van der Waals surface area contributed by atoms with Crippen LogP contribution < -0.4 is 0 Å². The van der Waals surface area contributed by atoms with Crippen molar-refractivity contribution in [1.29, 1.82) is 0 Å². The Morgan fingerprint density at radius 2 is 1.50 bits per heavy atom. The summed E-state index contributed by atoms with van der Waals surface area (Å²) in [5.74, 6) is -2.71. The average molecular weight is 338 g/mol. The first-order valence-electron chi connectivity index (χ1n) is 7.63. The molecular formula is C14H26O7S. The third-order valence-electron chi connectivity index (χ3n) is 3.25. The van der Waals surface area contributed by atoms with Gasteiger partial charge in [0.25, 0.3) is 10.1 Å². The van der Waals surface area contributed by atoms with Gasteiger partial charge >= 0.3 is 11.9 Å². The summed E-state index contributed by atoms with van der Waals surface area (Å²) in [7, 11) is -4.81. The molecule has 0 aromatic heterocycles. The highest BCUT2D eigenvalue weighted by Gasteiger charge is 2.33. The number of carbonyl (C=O) groups is 2. The first kappa shape index (κ1) is 20.9. The number of ether oxygens (including phenoxy) is 1. The van der Waals surface area contributed by atoms with Gasteiger partial charge in [-0.1, -0.05) is 51.9 Å². The van der Waals surface area contributed by atoms with Gasteiger partial charge in [0.15, 0.2) is 5.25 Å². The van der Waals surface area contributed by atoms with E-state index in [1.54, 1.807) is 0 Å². The van der Waals surface area contributed by atoms with E-state index in [9.17, 15) is 18.0 Å². The summed E-state index contributed by atoms with van der Waals surface area (Å²) in [5.41, 5.74) is 0. The van der Waals surface area contributed by atoms with Gasteiger partial charge in [-0.3, -0.25) is 14.1 Å². The molecule has 8 heteroatoms. The Hall–Kier alpha value is -1.15. The van der Waals surface area contributed by atoms with Crippen molar-refractivity contribution < 1.29 is 32.4 Å². The molecule has 0 spiro atoms. The number of hydrogen-bond acceptors (Lipinski definition) is 5. The predicted molar refractivity (Wildman–Crippen MR) is 81.2 cm³/mol. The second kappa shape index (κ2) is 11.4. The lowest BCUT2D eigenvalue weighted by Gasteiger charge is -2.09. The molecule has 2 N–H and O–H groups in total. The van der Waals surface area contributed by atoms with E-state index in [1.165, 1.54) is 25.7 Å². The maximum Gasteiger partial charge on any atom is 0.325 e. The van der Waals surface area contributed by atoms with E-state index in [2.05, 4.69) is 6.92 Å². The van der Waals surface area contributed by atoms with Crippen molar-refractivity contribution in [1.82, 2.24) is 0 Å². The average Bonchev–Trinajstić information content (AvgIpc) is 2.41. The topological polar surface area (TPSA) is 118 Å². The largest absolute Gasteiger partial charge is 0.480 e. The zero-order chi connectivity index (χ0) is 17.0. The Kier molecular flexibility index (Phi) is 10.8. The van der Waals surface area contributed by atoms with Crippen LogP contribution in [0, 0.1) is 0 Å². The van der Waals surface area contributed by atoms with E-state index in [0.29, 0.717) is 6.42 Å². The van der Waals surface area contributed by atoms with E-state index < -0.39 is 33.7 Å². The molecule has 7 nitrogen and oxygen atoms in total. The molecule has 0 aromatic rings. The van der Waals surface area contributed by atoms with Crippen LogP contribution in [-0.4, -0.2) is 41.9 Å². The molecule has 0 saturated carbocycles. The number of rotatable bonds is 13. The highest BCUT2D eigenvalue weighted by atomic mass is 32.2. The van der Waals surface area contributed by atoms with Crippen LogP contribution in [0.2, 0.25) is 0 Å². The SMILES string of the molecule is CCCCCCCCCCOC(=O)CC(C(=O)O)S(=O)(=O)O. The molecule has 0 amide bonds. The van der Waals surface area contributed by atoms with Crippen LogP contribution >= 0.6 is 0 Å². The van der Waals surface area contributed by atoms with Gasteiger partial charge in [-0.15, -0.1) is 0 Å². The monoisotopic (exact) mass is 338 g/mol. The fourth-order valence-corrected chi connectivity index (χ4v) is 2.55. The molecule has 0 aliphatic rings. The Morgan fingerprint density at radius 1 is 1.00 bits per heavy atom. The smallest absolute Gasteiger partial charge is 0.325 e. The molecule has 130 valence electrons. The minimum atomic E-state index is -4.81. The Balaban J connectivity index is 3.75. The number of carbonyl (C=O) groups excluding carboxylic acids is 1. The van der Waals surface area contributed by atoms with Crippen molar-refractivity contribution in [3.63, 3.8) is 0 Å². The van der Waals surface area contributed by atoms with E-state index in [1.807, 2.05) is 0 Å². The van der Waals surface area contributed by atoms with Gasteiger partial charge in [0, 0.05) is 0 Å². The van der Waals surface area contributed by atoms with Crippen LogP contribution in [0.5, 0.6) is 0 Å². The molecule has 0 bridgehead atoms. The molecule has 1 atom stereocenters. The van der Waals surface area contributed by atoms with Gasteiger partial charge in [0.1, 0.15) is 0 Å². The summed E-state index contributed by atoms with van der Waals surface area (Å²) < 4.78 is 35.1. The third kappa shape index (κ3) is 10.6. The lowest BCUT2D eigenvalue weighted by Crippen LogP contribution is -2.32. The molecule has 0 aliphatic heterocycles. The Labute approximate surface area is 131 Å². The molecule has 22 heavy (non-hydrogen) atoms. The standard InChI is InChI=1S/C14H26O7S/c1-2-3-4-5-6-7-8-9-10-21-13(15)11-12(14(16)17)22(18,19)20/h12H,2-11H2,1H3,(H,16,17)(H,18,19,20). The van der Waals surface area contributed by atoms with E-state index in [4.69, 9.17) is 14.4 Å². The molecule has 0 fully saturated rings. The van der Waals surface area contributed by atoms with Gasteiger partial charge < -0.3 is 9.84 Å². The minimum Gasteiger partial charge on any atom is -0.480 e. The summed E-state index contributed by atoms with van der Waals surface area (Å²) in [6.45, 7) is 2.29. The molecule has 0 aromatic carbocycles. The van der Waals surface area contributed by atoms with Gasteiger partial charge in [0.05, 0.1) is 13.0 Å². The normalized spacial score (nSPS) is 12.8. The highest BCUT2D eigenvalue weighted by Crippen LogP contribution is 2.09. The van der Waals surface area contributed by atoms with Crippen LogP contribution in [-0.2, 0) is 24.4 Å². The first-order valence-corrected chi connectivity index (χ1v) is 9.14. The van der Waals surface area contributed by atoms with E-state index in [-0.39, 0.29) is 6.61 Å². The molecule has 0 radical (unpaired) electrons. The third-order valence-corrected chi connectivity index (χ3v) is 4.34. The Bertz CT molecular complexity index is 430. The number of carboxylic acids is 1. The lowest BCUT2D eigenvalue weighted by molar-refractivity contribution is -0.147. The van der Waals surface area contributed by atoms with Crippen LogP contribution in [0.1, 0.15) is 64.7 Å². The van der Waals surface area contributed by atoms with Crippen LogP contribution in [0.25, 0.3) is 0 Å². The summed E-state index contributed by atoms with van der Waals surface area (Å²) >= 11 is 0. The van der Waals surface area contributed by atoms with Gasteiger partial charge in [0.2, 0.25) is 0 Å². The molecular weight excluding hydrogens is 312 g/mol. The molecule has 0 saturated heterocycles. The second-order valence-corrected chi connectivity index (χ2v) is 6.84. The fourth-order valence-electron chi connectivity index (χ4n) is 1.95. The van der Waals surface area contributed by atoms with Crippen molar-refractivity contribution in [3.8, 4) is 0 Å². The van der Waals surface area contributed by atoms with Crippen LogP contribution in [0.4, 0.5) is 0 Å². The van der Waals surface area contributed by atoms with Crippen LogP contribution in [0.15, 0.2) is 0 Å². The summed E-state index contributed by atoms with van der Waals surface area (Å²) in [6.07, 6.45) is 7.74. The lowest BCUT2D eigenvalue weighted by atomic mass is 10.1. The zero-order valence-corrected chi connectivity index (χ0v) is 13.8. The summed E-state index contributed by atoms with van der Waals surface area (Å²) in [4.78, 5) is 22.0. The molecule has 0 heterocycles. The van der Waals surface area contributed by atoms with E-state index >= 15 is 0 Å². The van der Waals surface area contributed by atoms with Gasteiger partial charge in [-0.2, -0.15) is 8.42 Å². The quantitative estimate of drug-likeness (QED) is 0.301. The summed E-state index contributed by atoms with van der Waals surface area (Å²) in [6, 6.07) is 0. The van der Waals surface area contributed by atoms with Crippen molar-refractivity contribution >= 4 is 22.1 Å². The van der Waals surface area contributed by atoms with Crippen molar-refractivity contribution in [2.75, 3.05) is 6.61 Å². The van der Waals surface area contributed by atoms with Gasteiger partial charge in [-0.25, -0.2) is 0 Å². The van der Waals surface area contributed by atoms with Crippen LogP contribution in [0.3, 0.4) is 0 Å². The molecule has 1 unspecified atom stereocenters. The predicted octanol–water partition coefficient (Wildman–Crippen LogP) is 2.40. The maximum atomic E-state index is 11.4. The first-order chi connectivity index (χ1) is 10.3. The molecule has 0 aliphatic carbocycles. The minimum absolute atomic E-state index is 0.131. The second-order valence-electron chi connectivity index (χ2n) is 5.24. The molecule has 0 rings (SSSR count). The Morgan fingerprint density at radius 3 is 1.95 bits per heavy atom. The number of carboxylic acid groups (broad SMARTS) is 1. The van der Waals surface area contributed by atoms with Crippen molar-refractivity contribution in [2.45, 2.75) is 70.0 Å². The highest BCUT2D eigenvalue weighted by molar-refractivity contribution is 7.87. The van der Waals surface area contributed by atoms with Gasteiger partial charge in [-0.05, 0) is 6.42 Å². The number of aliphatic carboxylic acids is 1. The fraction of sp³-hybridized carbons (Fsp3) is 0.857. The van der Waals surface area contributed by atoms with Crippen molar-refractivity contribution in [2.24, 2.45) is 0 Å². The maximum absolute atomic E-state index is 11.4. The number of esters is 1. The number of unbranched alkanes of at least 4 members (excludes halogenated alkanes) is 7. The summed E-state index contributed by atoms with van der Waals surface area (Å²) in [5, 5.41) is 6.47. The zero-order valence-electron chi connectivity index (χ0n) is 13.0. The van der Waals surface area contributed by atoms with E-state index in [0.717, 1.165) is 19.3 Å².